The van der Waals surface area contributed by atoms with Crippen molar-refractivity contribution in [1.82, 2.24) is 0 Å². The summed E-state index contributed by atoms with van der Waals surface area (Å²) in [6.45, 7) is 6.07. The van der Waals surface area contributed by atoms with Gasteiger partial charge in [-0.25, -0.2) is 9.59 Å². The summed E-state index contributed by atoms with van der Waals surface area (Å²) in [7, 11) is 0. The van der Waals surface area contributed by atoms with Crippen molar-refractivity contribution < 1.29 is 33.7 Å². The van der Waals surface area contributed by atoms with Crippen LogP contribution in [0.4, 0.5) is 0 Å². The van der Waals surface area contributed by atoms with Gasteiger partial charge in [0.05, 0.1) is 6.61 Å². The standard InChI is InChI=1S/C19H30O7/c1-3-11-19(26-17(22)4-2,18(23)25-14-15-13-24-15)12-9-7-5-6-8-10-16(20)21/h4,15H,2-3,5-14H2,1H3,(H,20,21). The van der Waals surface area contributed by atoms with E-state index in [-0.39, 0.29) is 19.1 Å². The second kappa shape index (κ2) is 11.7. The van der Waals surface area contributed by atoms with E-state index >= 15 is 0 Å². The molecule has 0 amide bonds. The number of carbonyl (C=O) groups excluding carboxylic acids is 2. The Morgan fingerprint density at radius 2 is 1.85 bits per heavy atom. The predicted octanol–water partition coefficient (Wildman–Crippen LogP) is 3.01. The number of hydrogen-bond acceptors (Lipinski definition) is 6. The van der Waals surface area contributed by atoms with Crippen molar-refractivity contribution in [2.75, 3.05) is 13.2 Å². The van der Waals surface area contributed by atoms with Crippen LogP contribution in [0, 0.1) is 0 Å². The highest BCUT2D eigenvalue weighted by Crippen LogP contribution is 2.29. The van der Waals surface area contributed by atoms with Crippen LogP contribution in [-0.4, -0.2) is 47.9 Å². The predicted molar refractivity (Wildman–Crippen MR) is 94.6 cm³/mol. The van der Waals surface area contributed by atoms with Gasteiger partial charge in [-0.05, 0) is 25.7 Å². The lowest BCUT2D eigenvalue weighted by atomic mass is 9.90. The van der Waals surface area contributed by atoms with Gasteiger partial charge in [-0.15, -0.1) is 0 Å². The van der Waals surface area contributed by atoms with E-state index in [4.69, 9.17) is 19.3 Å². The van der Waals surface area contributed by atoms with Gasteiger partial charge in [0.2, 0.25) is 5.60 Å². The van der Waals surface area contributed by atoms with Crippen LogP contribution in [-0.2, 0) is 28.6 Å². The molecule has 0 aromatic heterocycles. The second-order valence-corrected chi connectivity index (χ2v) is 6.58. The Labute approximate surface area is 154 Å². The third kappa shape index (κ3) is 8.47. The molecule has 1 saturated heterocycles. The van der Waals surface area contributed by atoms with E-state index in [1.54, 1.807) is 0 Å². The Morgan fingerprint density at radius 1 is 1.19 bits per heavy atom. The summed E-state index contributed by atoms with van der Waals surface area (Å²) in [6, 6.07) is 0. The topological polar surface area (TPSA) is 102 Å². The molecular formula is C19H30O7. The van der Waals surface area contributed by atoms with Crippen LogP contribution in [0.1, 0.15) is 64.7 Å². The van der Waals surface area contributed by atoms with Crippen molar-refractivity contribution >= 4 is 17.9 Å². The smallest absolute Gasteiger partial charge is 0.350 e. The number of rotatable bonds is 15. The quantitative estimate of drug-likeness (QED) is 0.204. The average molecular weight is 370 g/mol. The Kier molecular flexibility index (Phi) is 9.95. The molecule has 7 heteroatoms. The summed E-state index contributed by atoms with van der Waals surface area (Å²) >= 11 is 0. The van der Waals surface area contributed by atoms with Gasteiger partial charge in [0.25, 0.3) is 0 Å². The number of carboxylic acids is 1. The molecule has 0 spiro atoms. The van der Waals surface area contributed by atoms with Gasteiger partial charge >= 0.3 is 17.9 Å². The summed E-state index contributed by atoms with van der Waals surface area (Å²) < 4.78 is 15.8. The summed E-state index contributed by atoms with van der Waals surface area (Å²) in [4.78, 5) is 34.9. The van der Waals surface area contributed by atoms with Gasteiger partial charge in [-0.2, -0.15) is 0 Å². The highest BCUT2D eigenvalue weighted by Gasteiger charge is 2.43. The van der Waals surface area contributed by atoms with Crippen LogP contribution in [0.5, 0.6) is 0 Å². The zero-order chi connectivity index (χ0) is 19.4. The fourth-order valence-corrected chi connectivity index (χ4v) is 2.79. The number of esters is 2. The molecule has 7 nitrogen and oxygen atoms in total. The van der Waals surface area contributed by atoms with E-state index in [1.807, 2.05) is 6.92 Å². The summed E-state index contributed by atoms with van der Waals surface area (Å²) in [5.41, 5.74) is -1.30. The van der Waals surface area contributed by atoms with E-state index < -0.39 is 23.5 Å². The SMILES string of the molecule is C=CC(=O)OC(CCC)(CCCCCCCC(=O)O)C(=O)OCC1CO1. The highest BCUT2D eigenvalue weighted by atomic mass is 16.6. The van der Waals surface area contributed by atoms with E-state index in [9.17, 15) is 14.4 Å². The normalized spacial score (nSPS) is 17.8. The fraction of sp³-hybridized carbons (Fsp3) is 0.737. The Morgan fingerprint density at radius 3 is 2.42 bits per heavy atom. The maximum absolute atomic E-state index is 12.6. The van der Waals surface area contributed by atoms with E-state index in [0.717, 1.165) is 25.3 Å². The minimum absolute atomic E-state index is 0.0531. The number of aliphatic carboxylic acids is 1. The molecule has 0 saturated carbocycles. The maximum Gasteiger partial charge on any atom is 0.350 e. The van der Waals surface area contributed by atoms with Crippen molar-refractivity contribution in [3.63, 3.8) is 0 Å². The van der Waals surface area contributed by atoms with Gasteiger partial charge < -0.3 is 19.3 Å². The minimum Gasteiger partial charge on any atom is -0.481 e. The molecule has 1 heterocycles. The largest absolute Gasteiger partial charge is 0.481 e. The summed E-state index contributed by atoms with van der Waals surface area (Å²) in [5, 5.41) is 8.63. The summed E-state index contributed by atoms with van der Waals surface area (Å²) in [5.74, 6) is -1.96. The Balaban J connectivity index is 2.55. The van der Waals surface area contributed by atoms with Gasteiger partial charge in [-0.3, -0.25) is 4.79 Å². The first-order valence-corrected chi connectivity index (χ1v) is 9.29. The first kappa shape index (κ1) is 22.2. The van der Waals surface area contributed by atoms with Gasteiger partial charge in [-0.1, -0.05) is 39.2 Å². The molecule has 26 heavy (non-hydrogen) atoms. The van der Waals surface area contributed by atoms with Gasteiger partial charge in [0.15, 0.2) is 0 Å². The van der Waals surface area contributed by atoms with Gasteiger partial charge in [0.1, 0.15) is 12.7 Å². The first-order valence-electron chi connectivity index (χ1n) is 9.29. The number of unbranched alkanes of at least 4 members (excludes halogenated alkanes) is 4. The molecule has 0 aliphatic carbocycles. The van der Waals surface area contributed by atoms with Crippen molar-refractivity contribution in [2.45, 2.75) is 76.4 Å². The van der Waals surface area contributed by atoms with Crippen molar-refractivity contribution in [3.05, 3.63) is 12.7 Å². The second-order valence-electron chi connectivity index (χ2n) is 6.58. The number of hydrogen-bond donors (Lipinski definition) is 1. The molecule has 0 aromatic rings. The zero-order valence-electron chi connectivity index (χ0n) is 15.5. The third-order valence-corrected chi connectivity index (χ3v) is 4.26. The molecule has 1 rings (SSSR count). The molecule has 2 unspecified atom stereocenters. The molecule has 0 aromatic carbocycles. The van der Waals surface area contributed by atoms with Gasteiger partial charge in [0, 0.05) is 12.5 Å². The lowest BCUT2D eigenvalue weighted by molar-refractivity contribution is -0.182. The van der Waals surface area contributed by atoms with Crippen LogP contribution in [0.2, 0.25) is 0 Å². The number of carbonyl (C=O) groups is 3. The number of ether oxygens (including phenoxy) is 3. The fourth-order valence-electron chi connectivity index (χ4n) is 2.79. The van der Waals surface area contributed by atoms with Crippen LogP contribution in [0.3, 0.4) is 0 Å². The highest BCUT2D eigenvalue weighted by molar-refractivity contribution is 5.87. The molecule has 1 aliphatic rings. The molecule has 148 valence electrons. The van der Waals surface area contributed by atoms with Crippen molar-refractivity contribution in [2.24, 2.45) is 0 Å². The van der Waals surface area contributed by atoms with Crippen molar-refractivity contribution in [3.8, 4) is 0 Å². The lowest BCUT2D eigenvalue weighted by Crippen LogP contribution is -2.45. The molecular weight excluding hydrogens is 340 g/mol. The summed E-state index contributed by atoms with van der Waals surface area (Å²) in [6.07, 6.45) is 6.45. The first-order chi connectivity index (χ1) is 12.4. The molecule has 0 radical (unpaired) electrons. The van der Waals surface area contributed by atoms with E-state index in [0.29, 0.717) is 38.7 Å². The number of epoxide rings is 1. The monoisotopic (exact) mass is 370 g/mol. The lowest BCUT2D eigenvalue weighted by Gasteiger charge is -2.30. The molecule has 1 N–H and O–H groups in total. The van der Waals surface area contributed by atoms with Crippen molar-refractivity contribution in [1.29, 1.82) is 0 Å². The molecule has 1 aliphatic heterocycles. The van der Waals surface area contributed by atoms with E-state index in [2.05, 4.69) is 6.58 Å². The van der Waals surface area contributed by atoms with Crippen LogP contribution >= 0.6 is 0 Å². The Bertz CT molecular complexity index is 484. The zero-order valence-corrected chi connectivity index (χ0v) is 15.5. The van der Waals surface area contributed by atoms with Crippen LogP contribution in [0.15, 0.2) is 12.7 Å². The Hall–Kier alpha value is -1.89. The number of carboxylic acid groups (broad SMARTS) is 1. The van der Waals surface area contributed by atoms with Crippen LogP contribution in [0.25, 0.3) is 0 Å². The third-order valence-electron chi connectivity index (χ3n) is 4.26. The molecule has 2 atom stereocenters. The molecule has 1 fully saturated rings. The molecule has 0 bridgehead atoms. The average Bonchev–Trinajstić information content (AvgIpc) is 3.42. The minimum atomic E-state index is -1.30. The maximum atomic E-state index is 12.6. The van der Waals surface area contributed by atoms with E-state index in [1.165, 1.54) is 0 Å². The van der Waals surface area contributed by atoms with Crippen LogP contribution < -0.4 is 0 Å².